The van der Waals surface area contributed by atoms with Crippen molar-refractivity contribution in [1.29, 1.82) is 0 Å². The van der Waals surface area contributed by atoms with E-state index in [1.54, 1.807) is 0 Å². The highest BCUT2D eigenvalue weighted by molar-refractivity contribution is 7.00. The van der Waals surface area contributed by atoms with E-state index >= 15 is 0 Å². The Bertz CT molecular complexity index is 1400. The number of rotatable bonds is 4. The van der Waals surface area contributed by atoms with Gasteiger partial charge < -0.3 is 13.9 Å². The van der Waals surface area contributed by atoms with E-state index in [9.17, 15) is 4.79 Å². The van der Waals surface area contributed by atoms with Gasteiger partial charge in [-0.3, -0.25) is 4.79 Å². The molecular formula is C36H42O4Si. The quantitative estimate of drug-likeness (QED) is 0.343. The van der Waals surface area contributed by atoms with Crippen LogP contribution in [0.5, 0.6) is 5.75 Å². The SMILES string of the molecule is CC12CC(=O)C3c4ccc(O[Si](c5ccccc5)(c5ccccc5)C(C)(C)C)cc4CCC3C1CCC21OCCO1. The Labute approximate surface area is 245 Å². The van der Waals surface area contributed by atoms with Gasteiger partial charge in [-0.05, 0) is 69.8 Å². The highest BCUT2D eigenvalue weighted by atomic mass is 28.4. The topological polar surface area (TPSA) is 44.8 Å². The van der Waals surface area contributed by atoms with E-state index in [0.29, 0.717) is 37.3 Å². The first-order chi connectivity index (χ1) is 19.7. The normalized spacial score (nSPS) is 28.7. The third-order valence-electron chi connectivity index (χ3n) is 10.9. The van der Waals surface area contributed by atoms with Gasteiger partial charge in [0, 0.05) is 24.2 Å². The molecule has 4 unspecified atom stereocenters. The van der Waals surface area contributed by atoms with Crippen LogP contribution in [0.2, 0.25) is 5.04 Å². The summed E-state index contributed by atoms with van der Waals surface area (Å²) >= 11 is 0. The van der Waals surface area contributed by atoms with Crippen molar-refractivity contribution < 1.29 is 18.7 Å². The highest BCUT2D eigenvalue weighted by Gasteiger charge is 2.67. The van der Waals surface area contributed by atoms with Crippen LogP contribution >= 0.6 is 0 Å². The maximum absolute atomic E-state index is 14.0. The molecule has 4 aliphatic rings. The molecule has 3 fully saturated rings. The largest absolute Gasteiger partial charge is 0.534 e. The number of hydrogen-bond acceptors (Lipinski definition) is 4. The molecule has 0 bridgehead atoms. The van der Waals surface area contributed by atoms with E-state index < -0.39 is 14.1 Å². The molecular weight excluding hydrogens is 524 g/mol. The molecule has 3 aromatic rings. The van der Waals surface area contributed by atoms with Crippen LogP contribution in [-0.2, 0) is 20.7 Å². The van der Waals surface area contributed by atoms with E-state index in [0.717, 1.165) is 31.4 Å². The average molecular weight is 567 g/mol. The molecule has 0 N–H and O–H groups in total. The van der Waals surface area contributed by atoms with Gasteiger partial charge in [0.05, 0.1) is 13.2 Å². The molecule has 0 radical (unpaired) electrons. The van der Waals surface area contributed by atoms with E-state index in [1.807, 2.05) is 0 Å². The molecule has 3 aliphatic carbocycles. The summed E-state index contributed by atoms with van der Waals surface area (Å²) in [6, 6.07) is 28.2. The van der Waals surface area contributed by atoms with E-state index in [-0.39, 0.29) is 16.4 Å². The molecule has 0 amide bonds. The minimum Gasteiger partial charge on any atom is -0.534 e. The van der Waals surface area contributed by atoms with Gasteiger partial charge in [0.1, 0.15) is 11.5 Å². The van der Waals surface area contributed by atoms with Gasteiger partial charge >= 0.3 is 8.32 Å². The van der Waals surface area contributed by atoms with Crippen molar-refractivity contribution in [3.8, 4) is 5.75 Å². The van der Waals surface area contributed by atoms with Crippen LogP contribution in [0.4, 0.5) is 0 Å². The van der Waals surface area contributed by atoms with Gasteiger partial charge in [-0.15, -0.1) is 0 Å². The first kappa shape index (κ1) is 27.1. The lowest BCUT2D eigenvalue weighted by molar-refractivity contribution is -0.234. The van der Waals surface area contributed by atoms with Crippen molar-refractivity contribution >= 4 is 24.5 Å². The molecule has 3 aromatic carbocycles. The van der Waals surface area contributed by atoms with Crippen LogP contribution < -0.4 is 14.8 Å². The van der Waals surface area contributed by atoms with Crippen molar-refractivity contribution in [1.82, 2.24) is 0 Å². The first-order valence-electron chi connectivity index (χ1n) is 15.4. The maximum Gasteiger partial charge on any atom is 0.319 e. The Morgan fingerprint density at radius 1 is 0.878 bits per heavy atom. The Morgan fingerprint density at radius 2 is 1.51 bits per heavy atom. The maximum atomic E-state index is 14.0. The summed E-state index contributed by atoms with van der Waals surface area (Å²) in [5, 5.41) is 2.43. The molecule has 0 aromatic heterocycles. The second-order valence-corrected chi connectivity index (χ2v) is 18.2. The number of ether oxygens (including phenoxy) is 2. The second kappa shape index (κ2) is 9.65. The minimum atomic E-state index is -2.72. The molecule has 41 heavy (non-hydrogen) atoms. The Hall–Kier alpha value is -2.73. The zero-order chi connectivity index (χ0) is 28.5. The molecule has 4 nitrogen and oxygen atoms in total. The highest BCUT2D eigenvalue weighted by Crippen LogP contribution is 2.65. The van der Waals surface area contributed by atoms with Crippen LogP contribution in [0.15, 0.2) is 78.9 Å². The lowest BCUT2D eigenvalue weighted by Gasteiger charge is -2.51. The smallest absolute Gasteiger partial charge is 0.319 e. The summed E-state index contributed by atoms with van der Waals surface area (Å²) in [4.78, 5) is 14.0. The lowest BCUT2D eigenvalue weighted by atomic mass is 9.54. The van der Waals surface area contributed by atoms with Crippen LogP contribution in [0.25, 0.3) is 0 Å². The number of carbonyl (C=O) groups is 1. The van der Waals surface area contributed by atoms with Crippen LogP contribution in [-0.4, -0.2) is 33.1 Å². The number of benzene rings is 3. The van der Waals surface area contributed by atoms with Crippen LogP contribution in [0, 0.1) is 17.3 Å². The zero-order valence-electron chi connectivity index (χ0n) is 24.8. The van der Waals surface area contributed by atoms with Crippen molar-refractivity contribution in [2.45, 2.75) is 76.5 Å². The Morgan fingerprint density at radius 3 is 2.12 bits per heavy atom. The summed E-state index contributed by atoms with van der Waals surface area (Å²) in [6.07, 6.45) is 4.53. The number of carbonyl (C=O) groups excluding carboxylic acids is 1. The number of fused-ring (bicyclic) bond motifs is 6. The molecule has 1 spiro atoms. The predicted octanol–water partition coefficient (Wildman–Crippen LogP) is 6.40. The molecule has 7 rings (SSSR count). The molecule has 1 heterocycles. The predicted molar refractivity (Wildman–Crippen MR) is 164 cm³/mol. The van der Waals surface area contributed by atoms with Gasteiger partial charge in [-0.1, -0.05) is 94.4 Å². The van der Waals surface area contributed by atoms with E-state index in [1.165, 1.54) is 21.5 Å². The molecule has 2 saturated carbocycles. The molecule has 4 atom stereocenters. The Kier molecular flexibility index (Phi) is 6.38. The third kappa shape index (κ3) is 3.95. The zero-order valence-corrected chi connectivity index (χ0v) is 25.8. The summed E-state index contributed by atoms with van der Waals surface area (Å²) < 4.78 is 19.8. The number of ketones is 1. The van der Waals surface area contributed by atoms with Crippen molar-refractivity contribution in [3.05, 3.63) is 90.0 Å². The third-order valence-corrected chi connectivity index (χ3v) is 15.9. The molecule has 1 saturated heterocycles. The van der Waals surface area contributed by atoms with Crippen molar-refractivity contribution in [3.63, 3.8) is 0 Å². The second-order valence-electron chi connectivity index (χ2n) is 14.0. The van der Waals surface area contributed by atoms with E-state index in [4.69, 9.17) is 13.9 Å². The molecule has 5 heteroatoms. The van der Waals surface area contributed by atoms with Gasteiger partial charge in [0.25, 0.3) is 0 Å². The fraction of sp³-hybridized carbons (Fsp3) is 0.472. The van der Waals surface area contributed by atoms with Gasteiger partial charge in [-0.2, -0.15) is 0 Å². The number of aryl methyl sites for hydroxylation is 1. The standard InChI is InChI=1S/C36H42O4Si/c1-34(2,3)41(27-11-7-5-8-12-27,28-13-9-6-10-14-28)40-26-16-18-29-25(23-26)15-17-30-31-19-20-36(38-21-22-39-36)35(31,4)24-32(37)33(29)30/h5-14,16,18,23,30-31,33H,15,17,19-22,24H2,1-4H3. The summed E-state index contributed by atoms with van der Waals surface area (Å²) in [7, 11) is -2.72. The molecule has 1 aliphatic heterocycles. The molecule has 214 valence electrons. The van der Waals surface area contributed by atoms with Crippen LogP contribution in [0.3, 0.4) is 0 Å². The fourth-order valence-electron chi connectivity index (χ4n) is 9.14. The van der Waals surface area contributed by atoms with Gasteiger partial charge in [-0.25, -0.2) is 0 Å². The lowest BCUT2D eigenvalue weighted by Crippen LogP contribution is -2.68. The first-order valence-corrected chi connectivity index (χ1v) is 17.3. The summed E-state index contributed by atoms with van der Waals surface area (Å²) in [6.45, 7) is 10.5. The summed E-state index contributed by atoms with van der Waals surface area (Å²) in [5.74, 6) is 1.48. The van der Waals surface area contributed by atoms with Crippen LogP contribution in [0.1, 0.15) is 70.4 Å². The number of hydrogen-bond donors (Lipinski definition) is 0. The summed E-state index contributed by atoms with van der Waals surface area (Å²) in [5.41, 5.74) is 2.27. The van der Waals surface area contributed by atoms with Gasteiger partial charge in [0.2, 0.25) is 0 Å². The van der Waals surface area contributed by atoms with Crippen molar-refractivity contribution in [2.24, 2.45) is 17.3 Å². The van der Waals surface area contributed by atoms with Gasteiger partial charge in [0.15, 0.2) is 5.79 Å². The Balaban J connectivity index is 1.26. The monoisotopic (exact) mass is 566 g/mol. The fourth-order valence-corrected chi connectivity index (χ4v) is 13.6. The minimum absolute atomic E-state index is 0.0321. The van der Waals surface area contributed by atoms with E-state index in [2.05, 4.69) is 107 Å². The number of Topliss-reactive ketones (excluding diaryl/α,β-unsaturated/α-hetero) is 1. The average Bonchev–Trinajstić information content (AvgIpc) is 3.57. The van der Waals surface area contributed by atoms with Crippen molar-refractivity contribution in [2.75, 3.05) is 13.2 Å².